The van der Waals surface area contributed by atoms with Gasteiger partial charge in [0.2, 0.25) is 30.7 Å². The number of hydrogen-bond acceptors (Lipinski definition) is 13. The lowest BCUT2D eigenvalue weighted by Gasteiger charge is -2.44. The van der Waals surface area contributed by atoms with Crippen LogP contribution < -0.4 is 5.32 Å². The zero-order valence-corrected chi connectivity index (χ0v) is 36.8. The first-order valence-corrected chi connectivity index (χ1v) is 23.9. The monoisotopic (exact) mass is 970 g/mol. The number of β-amino-alcohol motifs (C(OH)–C–C–N with tert-alkyl or cyclic N) is 2. The summed E-state index contributed by atoms with van der Waals surface area (Å²) in [5, 5.41) is 48.4. The van der Waals surface area contributed by atoms with Crippen LogP contribution in [0.15, 0.2) is 97.1 Å². The van der Waals surface area contributed by atoms with E-state index < -0.39 is 53.8 Å². The van der Waals surface area contributed by atoms with E-state index in [9.17, 15) is 53.4 Å². The fourth-order valence-electron chi connectivity index (χ4n) is 6.68. The highest BCUT2D eigenvalue weighted by molar-refractivity contribution is 8.13. The van der Waals surface area contributed by atoms with Crippen LogP contribution in [0.1, 0.15) is 33.4 Å². The van der Waals surface area contributed by atoms with Crippen LogP contribution in [0.2, 0.25) is 0 Å². The van der Waals surface area contributed by atoms with Gasteiger partial charge in [-0.05, 0) is 69.8 Å². The van der Waals surface area contributed by atoms with Crippen LogP contribution in [0, 0.1) is 0 Å². The van der Waals surface area contributed by atoms with Crippen LogP contribution in [0.5, 0.6) is 0 Å². The Morgan fingerprint density at radius 1 is 0.631 bits per heavy atom. The van der Waals surface area contributed by atoms with E-state index in [0.29, 0.717) is 48.7 Å². The van der Waals surface area contributed by atoms with E-state index in [1.54, 1.807) is 12.1 Å². The van der Waals surface area contributed by atoms with E-state index >= 15 is 0 Å². The summed E-state index contributed by atoms with van der Waals surface area (Å²) in [4.78, 5) is 2.58. The predicted molar refractivity (Wildman–Crippen MR) is 225 cm³/mol. The number of hydrogen-bond donors (Lipinski definition) is 3. The molecule has 0 aliphatic carbocycles. The van der Waals surface area contributed by atoms with Crippen LogP contribution in [-0.2, 0) is 57.4 Å². The molecule has 65 heavy (non-hydrogen) atoms. The molecule has 2 aliphatic heterocycles. The summed E-state index contributed by atoms with van der Waals surface area (Å²) >= 11 is 0. The summed E-state index contributed by atoms with van der Waals surface area (Å²) in [5.74, 6) is 0.716. The second-order valence-corrected chi connectivity index (χ2v) is 20.6. The van der Waals surface area contributed by atoms with Crippen LogP contribution >= 0.6 is 10.7 Å². The Kier molecular flexibility index (Phi) is 14.5. The van der Waals surface area contributed by atoms with Crippen molar-refractivity contribution in [3.8, 4) is 22.8 Å². The molecule has 8 rings (SSSR count). The Morgan fingerprint density at radius 2 is 1.00 bits per heavy atom. The van der Waals surface area contributed by atoms with E-state index in [-0.39, 0.29) is 26.2 Å². The number of aromatic nitrogens is 8. The van der Waals surface area contributed by atoms with Crippen LogP contribution in [0.25, 0.3) is 22.8 Å². The normalized spacial score (nSPS) is 16.0. The third kappa shape index (κ3) is 13.8. The number of nitrogens with zero attached hydrogens (tertiary/aromatic N) is 9. The minimum Gasteiger partial charge on any atom is -0.385 e. The van der Waals surface area contributed by atoms with E-state index in [1.165, 1.54) is 33.9 Å². The highest BCUT2D eigenvalue weighted by Crippen LogP contribution is 2.32. The Labute approximate surface area is 373 Å². The van der Waals surface area contributed by atoms with Gasteiger partial charge in [-0.2, -0.15) is 40.2 Å². The fourth-order valence-corrected chi connectivity index (χ4v) is 7.63. The molecule has 25 heteroatoms. The van der Waals surface area contributed by atoms with Gasteiger partial charge in [-0.25, -0.2) is 16.8 Å². The molecule has 0 amide bonds. The van der Waals surface area contributed by atoms with Gasteiger partial charge in [-0.15, -0.1) is 20.4 Å². The summed E-state index contributed by atoms with van der Waals surface area (Å²) in [5.41, 5.74) is 1.04. The largest absolute Gasteiger partial charge is 0.416 e. The van der Waals surface area contributed by atoms with Crippen molar-refractivity contribution in [3.05, 3.63) is 130 Å². The third-order valence-electron chi connectivity index (χ3n) is 9.96. The van der Waals surface area contributed by atoms with E-state index in [1.807, 2.05) is 36.4 Å². The second kappa shape index (κ2) is 19.2. The Hall–Kier alpha value is -5.37. The van der Waals surface area contributed by atoms with Crippen LogP contribution in [0.3, 0.4) is 0 Å². The van der Waals surface area contributed by atoms with Crippen molar-refractivity contribution in [2.75, 3.05) is 38.7 Å². The van der Waals surface area contributed by atoms with Gasteiger partial charge < -0.3 is 15.5 Å². The number of rotatable bonds is 11. The summed E-state index contributed by atoms with van der Waals surface area (Å²) in [6.45, 7) is 1.09. The molecule has 2 aromatic heterocycles. The number of nitrogens with one attached hydrogen (secondary N) is 1. The topological polar surface area (TPSA) is 211 Å². The molecule has 0 bridgehead atoms. The summed E-state index contributed by atoms with van der Waals surface area (Å²) in [6, 6.07) is 24.7. The number of benzene rings is 4. The first kappa shape index (κ1) is 49.1. The van der Waals surface area contributed by atoms with E-state index in [2.05, 4.69) is 46.8 Å². The maximum atomic E-state index is 12.8. The maximum absolute atomic E-state index is 12.8. The average molecular weight is 971 g/mol. The molecule has 6 aromatic rings. The number of tetrazole rings is 2. The van der Waals surface area contributed by atoms with Crippen molar-refractivity contribution in [1.29, 1.82) is 0 Å². The molecule has 0 spiro atoms. The first-order chi connectivity index (χ1) is 30.3. The van der Waals surface area contributed by atoms with Gasteiger partial charge in [-0.3, -0.25) is 0 Å². The zero-order valence-electron chi connectivity index (χ0n) is 34.4. The number of halogens is 7. The molecule has 348 valence electrons. The molecular weight excluding hydrogens is 930 g/mol. The highest BCUT2D eigenvalue weighted by atomic mass is 35.7. The molecule has 3 N–H and O–H groups in total. The van der Waals surface area contributed by atoms with Gasteiger partial charge in [0.25, 0.3) is 0 Å². The number of alkyl halides is 6. The predicted octanol–water partition coefficient (Wildman–Crippen LogP) is 4.42. The molecule has 2 fully saturated rings. The molecule has 0 atom stereocenters. The molecule has 2 aliphatic rings. The summed E-state index contributed by atoms with van der Waals surface area (Å²) in [7, 11) is -2.06. The Bertz CT molecular complexity index is 2790. The van der Waals surface area contributed by atoms with Crippen molar-refractivity contribution in [3.63, 3.8) is 0 Å². The van der Waals surface area contributed by atoms with E-state index in [0.717, 1.165) is 63.3 Å². The maximum Gasteiger partial charge on any atom is 0.416 e. The van der Waals surface area contributed by atoms with Crippen molar-refractivity contribution in [2.24, 2.45) is 0 Å². The highest BCUT2D eigenvalue weighted by Gasteiger charge is 2.46. The Balaban J connectivity index is 0.000000197. The molecule has 0 radical (unpaired) electrons. The molecule has 4 aromatic carbocycles. The number of sulfonamides is 1. The number of aliphatic hydroxyl groups is 2. The van der Waals surface area contributed by atoms with Gasteiger partial charge in [0.15, 0.2) is 0 Å². The van der Waals surface area contributed by atoms with Gasteiger partial charge >= 0.3 is 12.4 Å². The van der Waals surface area contributed by atoms with Crippen molar-refractivity contribution < 1.29 is 53.4 Å². The minimum atomic E-state index is -4.39. The van der Waals surface area contributed by atoms with Gasteiger partial charge in [-0.1, -0.05) is 72.8 Å². The molecule has 16 nitrogen and oxygen atoms in total. The van der Waals surface area contributed by atoms with Crippen LogP contribution in [0.4, 0.5) is 26.3 Å². The average Bonchev–Trinajstić information content (AvgIpc) is 3.85. The molecule has 0 unspecified atom stereocenters. The minimum absolute atomic E-state index is 0.0207. The van der Waals surface area contributed by atoms with Gasteiger partial charge in [0.1, 0.15) is 11.2 Å². The summed E-state index contributed by atoms with van der Waals surface area (Å²) < 4.78 is 120. The smallest absolute Gasteiger partial charge is 0.385 e. The summed E-state index contributed by atoms with van der Waals surface area (Å²) in [6.07, 6.45) is -5.92. The lowest BCUT2D eigenvalue weighted by atomic mass is 9.98. The van der Waals surface area contributed by atoms with Crippen molar-refractivity contribution >= 4 is 29.8 Å². The fraction of sp³-hybridized carbons (Fsp3) is 0.350. The van der Waals surface area contributed by atoms with E-state index in [4.69, 9.17) is 0 Å². The lowest BCUT2D eigenvalue weighted by molar-refractivity contribution is -0.138. The van der Waals surface area contributed by atoms with Crippen molar-refractivity contribution in [1.82, 2.24) is 50.0 Å². The zero-order chi connectivity index (χ0) is 47.4. The molecular formula is C40H41ClF6N10O6S2. The standard InChI is InChI=1S/C20H20F3N5O3S.C19H18F3N5O.CH3ClO2S/c1-32(30,31)27-11-19(29,12-27)13-28-25-18(24-26-28)17-5-3-2-4-15(17)10-14-6-8-16(9-7-14)20(21,22)23;20-19(21,22)15-7-5-13(6-8-15)9-14-3-1-2-4-16(14)17-24-26-27(25-17)12-18(28)10-23-11-18;1-5(2,3)4/h2-9,29H,10-13H2,1H3;1-8,23,28H,9-12H2;1H3. The SMILES string of the molecule is CS(=O)(=O)Cl.CS(=O)(=O)N1CC(O)(Cn2nnc(-c3ccccc3Cc3ccc(C(F)(F)F)cc3)n2)C1.OC1(Cn2nnc(-c3ccccc3Cc3ccc(C(F)(F)F)cc3)n2)CNC1. The Morgan fingerprint density at radius 3 is 1.34 bits per heavy atom. The molecule has 4 heterocycles. The van der Waals surface area contributed by atoms with Gasteiger partial charge in [0.05, 0.1) is 36.7 Å². The van der Waals surface area contributed by atoms with Crippen molar-refractivity contribution in [2.45, 2.75) is 49.5 Å². The molecule has 2 saturated heterocycles. The third-order valence-corrected chi connectivity index (χ3v) is 11.2. The lowest BCUT2D eigenvalue weighted by Crippen LogP contribution is -2.65. The molecule has 0 saturated carbocycles. The quantitative estimate of drug-likeness (QED) is 0.121. The van der Waals surface area contributed by atoms with Crippen LogP contribution in [-0.4, -0.2) is 122 Å². The second-order valence-electron chi connectivity index (χ2n) is 15.6. The van der Waals surface area contributed by atoms with Gasteiger partial charge in [0, 0.05) is 48.0 Å². The first-order valence-electron chi connectivity index (χ1n) is 19.3.